The van der Waals surface area contributed by atoms with E-state index < -0.39 is 25.0 Å². The van der Waals surface area contributed by atoms with Crippen molar-refractivity contribution in [3.05, 3.63) is 36.2 Å². The number of benzene rings is 1. The molecule has 1 aliphatic carbocycles. The maximum Gasteiger partial charge on any atom is 0.419 e. The zero-order valence-corrected chi connectivity index (χ0v) is 16.7. The number of aromatic nitrogens is 3. The highest BCUT2D eigenvalue weighted by molar-refractivity contribution is 7.70. The maximum atomic E-state index is 13.6. The second-order valence-corrected chi connectivity index (χ2v) is 10.8. The Hall–Kier alpha value is -2.38. The average Bonchev–Trinajstić information content (AvgIpc) is 3.07. The van der Waals surface area contributed by atoms with Crippen molar-refractivity contribution in [3.63, 3.8) is 0 Å². The molecule has 29 heavy (non-hydrogen) atoms. The molecule has 0 spiro atoms. The van der Waals surface area contributed by atoms with Crippen LogP contribution in [0.4, 0.5) is 19.1 Å². The van der Waals surface area contributed by atoms with Gasteiger partial charge in [0, 0.05) is 28.6 Å². The molecular weight excluding hydrogens is 404 g/mol. The number of alkyl halides is 3. The smallest absolute Gasteiger partial charge is 0.391 e. The lowest BCUT2D eigenvalue weighted by molar-refractivity contribution is -0.137. The minimum absolute atomic E-state index is 0.0268. The lowest BCUT2D eigenvalue weighted by Crippen LogP contribution is -2.43. The predicted molar refractivity (Wildman–Crippen MR) is 106 cm³/mol. The minimum atomic E-state index is -4.64. The van der Waals surface area contributed by atoms with E-state index in [2.05, 4.69) is 20.3 Å². The molecule has 1 saturated carbocycles. The van der Waals surface area contributed by atoms with Crippen LogP contribution < -0.4 is 10.6 Å². The number of fused-ring (bicyclic) bond motifs is 1. The van der Waals surface area contributed by atoms with E-state index in [0.717, 1.165) is 6.20 Å². The Morgan fingerprint density at radius 2 is 2.03 bits per heavy atom. The van der Waals surface area contributed by atoms with Gasteiger partial charge < -0.3 is 20.0 Å². The molecule has 1 fully saturated rings. The molecule has 10 heteroatoms. The summed E-state index contributed by atoms with van der Waals surface area (Å²) in [6.45, 7) is 3.22. The highest BCUT2D eigenvalue weighted by Gasteiger charge is 2.37. The fraction of sp³-hybridized carbons (Fsp3) is 0.368. The number of H-pyrrole nitrogens is 1. The molecule has 6 nitrogen and oxygen atoms in total. The molecule has 0 saturated heterocycles. The number of rotatable bonds is 4. The van der Waals surface area contributed by atoms with Crippen molar-refractivity contribution in [2.45, 2.75) is 31.2 Å². The van der Waals surface area contributed by atoms with Gasteiger partial charge in [0.25, 0.3) is 0 Å². The van der Waals surface area contributed by atoms with Crippen LogP contribution >= 0.6 is 7.14 Å². The van der Waals surface area contributed by atoms with Gasteiger partial charge >= 0.3 is 6.18 Å². The Morgan fingerprint density at radius 3 is 2.62 bits per heavy atom. The van der Waals surface area contributed by atoms with Crippen molar-refractivity contribution in [2.24, 2.45) is 0 Å². The van der Waals surface area contributed by atoms with Crippen molar-refractivity contribution < 1.29 is 22.8 Å². The van der Waals surface area contributed by atoms with Gasteiger partial charge in [-0.3, -0.25) is 0 Å². The van der Waals surface area contributed by atoms with E-state index >= 15 is 0 Å². The molecule has 3 N–H and O–H groups in total. The third kappa shape index (κ3) is 3.65. The Morgan fingerprint density at radius 1 is 1.28 bits per heavy atom. The molecular formula is C19H20F3N4O2P. The summed E-state index contributed by atoms with van der Waals surface area (Å²) in [5, 5.41) is 13.7. The molecule has 2 heterocycles. The fourth-order valence-corrected chi connectivity index (χ4v) is 4.63. The normalized spacial score (nSPS) is 19.9. The third-order valence-corrected chi connectivity index (χ3v) is 6.71. The van der Waals surface area contributed by atoms with E-state index in [0.29, 0.717) is 29.0 Å². The van der Waals surface area contributed by atoms with E-state index in [1.807, 2.05) is 0 Å². The number of aromatic amines is 1. The topological polar surface area (TPSA) is 90.9 Å². The predicted octanol–water partition coefficient (Wildman–Crippen LogP) is 3.83. The second-order valence-electron chi connectivity index (χ2n) is 7.60. The van der Waals surface area contributed by atoms with Gasteiger partial charge in [0.1, 0.15) is 12.7 Å². The fourth-order valence-electron chi connectivity index (χ4n) is 3.46. The molecule has 0 unspecified atom stereocenters. The third-order valence-electron chi connectivity index (χ3n) is 5.18. The number of aliphatic hydroxyl groups excluding tert-OH is 1. The highest BCUT2D eigenvalue weighted by Crippen LogP contribution is 2.42. The maximum absolute atomic E-state index is 13.6. The SMILES string of the molecule is CP(C)(=O)c1cccc2c(-c3nc(N[C@@H]4CC[C@H]4O)ncc3C(F)(F)F)c[nH]c12. The van der Waals surface area contributed by atoms with E-state index in [9.17, 15) is 22.8 Å². The lowest BCUT2D eigenvalue weighted by atomic mass is 9.89. The van der Waals surface area contributed by atoms with Crippen LogP contribution in [-0.4, -0.2) is 45.5 Å². The summed E-state index contributed by atoms with van der Waals surface area (Å²) in [6, 6.07) is 4.78. The highest BCUT2D eigenvalue weighted by atomic mass is 31.2. The van der Waals surface area contributed by atoms with Gasteiger partial charge in [0.2, 0.25) is 5.95 Å². The van der Waals surface area contributed by atoms with Crippen LogP contribution in [0.3, 0.4) is 0 Å². The Labute approximate surface area is 164 Å². The van der Waals surface area contributed by atoms with Crippen LogP contribution in [0.1, 0.15) is 18.4 Å². The summed E-state index contributed by atoms with van der Waals surface area (Å²) in [5.74, 6) is 0.0268. The summed E-state index contributed by atoms with van der Waals surface area (Å²) < 4.78 is 53.5. The first-order valence-electron chi connectivity index (χ1n) is 9.10. The van der Waals surface area contributed by atoms with Crippen LogP contribution in [0.2, 0.25) is 0 Å². The van der Waals surface area contributed by atoms with Gasteiger partial charge in [-0.05, 0) is 32.2 Å². The van der Waals surface area contributed by atoms with Gasteiger partial charge in [-0.1, -0.05) is 12.1 Å². The number of halogens is 3. The monoisotopic (exact) mass is 424 g/mol. The number of hydrogen-bond donors (Lipinski definition) is 3. The quantitative estimate of drug-likeness (QED) is 0.554. The number of nitrogens with one attached hydrogen (secondary N) is 2. The summed E-state index contributed by atoms with van der Waals surface area (Å²) in [4.78, 5) is 10.9. The van der Waals surface area contributed by atoms with E-state index in [1.165, 1.54) is 6.20 Å². The average molecular weight is 424 g/mol. The molecule has 0 amide bonds. The van der Waals surface area contributed by atoms with Crippen molar-refractivity contribution >= 4 is 29.3 Å². The molecule has 2 atom stereocenters. The first-order valence-corrected chi connectivity index (χ1v) is 11.7. The number of anilines is 1. The van der Waals surface area contributed by atoms with Gasteiger partial charge in [-0.2, -0.15) is 13.2 Å². The van der Waals surface area contributed by atoms with Gasteiger partial charge in [-0.15, -0.1) is 0 Å². The molecule has 1 aromatic carbocycles. The number of nitrogens with zero attached hydrogens (tertiary/aromatic N) is 2. The molecule has 0 aliphatic heterocycles. The van der Waals surface area contributed by atoms with E-state index in [4.69, 9.17) is 0 Å². The molecule has 2 aromatic heterocycles. The first kappa shape index (κ1) is 19.9. The number of aliphatic hydroxyl groups is 1. The van der Waals surface area contributed by atoms with Crippen molar-refractivity contribution in [3.8, 4) is 11.3 Å². The van der Waals surface area contributed by atoms with Crippen LogP contribution in [-0.2, 0) is 10.7 Å². The minimum Gasteiger partial charge on any atom is -0.391 e. The van der Waals surface area contributed by atoms with Gasteiger partial charge in [0.15, 0.2) is 0 Å². The molecule has 0 bridgehead atoms. The van der Waals surface area contributed by atoms with Crippen LogP contribution in [0.15, 0.2) is 30.6 Å². The molecule has 1 aliphatic rings. The summed E-state index contributed by atoms with van der Waals surface area (Å²) >= 11 is 0. The Kier molecular flexibility index (Phi) is 4.70. The van der Waals surface area contributed by atoms with Crippen LogP contribution in [0.5, 0.6) is 0 Å². The van der Waals surface area contributed by atoms with Crippen molar-refractivity contribution in [1.29, 1.82) is 0 Å². The number of hydrogen-bond acceptors (Lipinski definition) is 5. The van der Waals surface area contributed by atoms with Crippen molar-refractivity contribution in [2.75, 3.05) is 18.6 Å². The summed E-state index contributed by atoms with van der Waals surface area (Å²) in [7, 11) is -2.64. The van der Waals surface area contributed by atoms with E-state index in [1.54, 1.807) is 31.5 Å². The summed E-state index contributed by atoms with van der Waals surface area (Å²) in [6.07, 6.45) is -1.69. The zero-order chi connectivity index (χ0) is 21.0. The standard InChI is InChI=1S/C19H20F3N4O2P/c1-29(2,28)15-5-3-4-10-11(8-23-17(10)15)16-12(19(20,21)22)9-24-18(26-16)25-13-6-7-14(13)27/h3-5,8-9,13-14,23,27H,6-7H2,1-2H3,(H,24,25,26)/t13-,14-/m1/s1. The molecule has 154 valence electrons. The second kappa shape index (κ2) is 6.85. The first-order chi connectivity index (χ1) is 13.6. The Bertz CT molecular complexity index is 1120. The van der Waals surface area contributed by atoms with Gasteiger partial charge in [-0.25, -0.2) is 9.97 Å². The van der Waals surface area contributed by atoms with Crippen LogP contribution in [0, 0.1) is 0 Å². The molecule has 4 rings (SSSR count). The van der Waals surface area contributed by atoms with Crippen LogP contribution in [0.25, 0.3) is 22.2 Å². The Balaban J connectivity index is 1.87. The number of para-hydroxylation sites is 1. The van der Waals surface area contributed by atoms with E-state index in [-0.39, 0.29) is 23.2 Å². The zero-order valence-electron chi connectivity index (χ0n) is 15.8. The molecule has 3 aromatic rings. The van der Waals surface area contributed by atoms with Gasteiger partial charge in [0.05, 0.1) is 23.4 Å². The molecule has 0 radical (unpaired) electrons. The van der Waals surface area contributed by atoms with Crippen molar-refractivity contribution in [1.82, 2.24) is 15.0 Å². The lowest BCUT2D eigenvalue weighted by Gasteiger charge is -2.33. The largest absolute Gasteiger partial charge is 0.419 e. The summed E-state index contributed by atoms with van der Waals surface area (Å²) in [5.41, 5.74) is -0.442.